The number of carbonyl (C=O) groups excluding carboxylic acids is 1. The van der Waals surface area contributed by atoms with E-state index in [9.17, 15) is 9.90 Å². The average Bonchev–Trinajstić information content (AvgIpc) is 2.90. The van der Waals surface area contributed by atoms with Crippen LogP contribution in [0.1, 0.15) is 37.9 Å². The lowest BCUT2D eigenvalue weighted by Crippen LogP contribution is -2.43. The minimum absolute atomic E-state index is 0.0115. The maximum Gasteiger partial charge on any atom is 0.319 e. The van der Waals surface area contributed by atoms with Crippen molar-refractivity contribution in [2.45, 2.75) is 45.1 Å². The predicted molar refractivity (Wildman–Crippen MR) is 93.5 cm³/mol. The first-order valence-corrected chi connectivity index (χ1v) is 8.71. The molecule has 0 spiro atoms. The van der Waals surface area contributed by atoms with Gasteiger partial charge in [-0.25, -0.2) is 4.79 Å². The number of carbonyl (C=O) groups is 1. The predicted octanol–water partition coefficient (Wildman–Crippen LogP) is 2.03. The zero-order chi connectivity index (χ0) is 17.6. The van der Waals surface area contributed by atoms with Crippen molar-refractivity contribution in [3.8, 4) is 5.69 Å². The molecule has 1 heterocycles. The number of hydrogen-bond acceptors (Lipinski definition) is 5. The van der Waals surface area contributed by atoms with E-state index in [2.05, 4.69) is 26.2 Å². The van der Waals surface area contributed by atoms with Crippen molar-refractivity contribution in [1.82, 2.24) is 25.5 Å². The van der Waals surface area contributed by atoms with Gasteiger partial charge in [0.25, 0.3) is 0 Å². The number of aryl methyl sites for hydroxylation is 1. The molecular formula is C17H24N6O2. The summed E-state index contributed by atoms with van der Waals surface area (Å²) < 4.78 is 1.61. The number of aromatic nitrogens is 4. The summed E-state index contributed by atoms with van der Waals surface area (Å²) in [6.45, 7) is 1.92. The van der Waals surface area contributed by atoms with Gasteiger partial charge in [0.05, 0.1) is 5.69 Å². The fourth-order valence-corrected chi connectivity index (χ4v) is 3.31. The standard InChI is InChI=1S/C17H24N6O2/c1-12-20-21-22-23(12)15-8-5-7-14(10-15)18-17(25)19-16-9-4-2-3-6-13(16)11-24/h5,7-8,10,13,16,24H,2-4,6,9,11H2,1H3,(H2,18,19,25)/t13-,16+/m1/s1. The second-order valence-corrected chi connectivity index (χ2v) is 6.47. The summed E-state index contributed by atoms with van der Waals surface area (Å²) in [5.74, 6) is 0.800. The summed E-state index contributed by atoms with van der Waals surface area (Å²) in [6.07, 6.45) is 5.20. The Morgan fingerprint density at radius 1 is 1.32 bits per heavy atom. The van der Waals surface area contributed by atoms with Gasteiger partial charge in [-0.2, -0.15) is 4.68 Å². The molecule has 2 amide bonds. The molecule has 3 rings (SSSR count). The van der Waals surface area contributed by atoms with Crippen LogP contribution >= 0.6 is 0 Å². The molecule has 0 saturated heterocycles. The van der Waals surface area contributed by atoms with Crippen molar-refractivity contribution in [3.05, 3.63) is 30.1 Å². The number of hydrogen-bond donors (Lipinski definition) is 3. The van der Waals surface area contributed by atoms with Crippen molar-refractivity contribution >= 4 is 11.7 Å². The number of amides is 2. The molecule has 2 atom stereocenters. The normalized spacial score (nSPS) is 20.7. The molecule has 2 aromatic rings. The van der Waals surface area contributed by atoms with E-state index in [0.717, 1.165) is 37.8 Å². The minimum atomic E-state index is -0.254. The van der Waals surface area contributed by atoms with Gasteiger partial charge in [0.2, 0.25) is 0 Å². The van der Waals surface area contributed by atoms with E-state index < -0.39 is 0 Å². The van der Waals surface area contributed by atoms with Gasteiger partial charge in [-0.05, 0) is 48.4 Å². The molecule has 134 valence electrons. The number of aliphatic hydroxyl groups is 1. The second kappa shape index (κ2) is 8.06. The molecule has 8 heteroatoms. The third-order valence-electron chi connectivity index (χ3n) is 4.68. The Kier molecular flexibility index (Phi) is 5.60. The van der Waals surface area contributed by atoms with Gasteiger partial charge in [-0.1, -0.05) is 25.3 Å². The monoisotopic (exact) mass is 344 g/mol. The highest BCUT2D eigenvalue weighted by atomic mass is 16.3. The minimum Gasteiger partial charge on any atom is -0.396 e. The molecule has 8 nitrogen and oxygen atoms in total. The smallest absolute Gasteiger partial charge is 0.319 e. The molecule has 1 fully saturated rings. The summed E-state index contributed by atoms with van der Waals surface area (Å²) in [4.78, 5) is 12.4. The van der Waals surface area contributed by atoms with E-state index >= 15 is 0 Å². The third-order valence-corrected chi connectivity index (χ3v) is 4.68. The summed E-state index contributed by atoms with van der Waals surface area (Å²) in [5, 5.41) is 26.9. The largest absolute Gasteiger partial charge is 0.396 e. The van der Waals surface area contributed by atoms with Crippen LogP contribution in [-0.4, -0.2) is 44.0 Å². The molecule has 25 heavy (non-hydrogen) atoms. The van der Waals surface area contributed by atoms with E-state index in [-0.39, 0.29) is 24.6 Å². The highest BCUT2D eigenvalue weighted by Gasteiger charge is 2.24. The van der Waals surface area contributed by atoms with E-state index in [1.165, 1.54) is 0 Å². The molecule has 0 unspecified atom stereocenters. The SMILES string of the molecule is Cc1nnnn1-c1cccc(NC(=O)N[C@H]2CCCCC[C@@H]2CO)c1. The summed E-state index contributed by atoms with van der Waals surface area (Å²) in [7, 11) is 0. The Labute approximate surface area is 146 Å². The summed E-state index contributed by atoms with van der Waals surface area (Å²) in [5.41, 5.74) is 1.45. The van der Waals surface area contributed by atoms with Gasteiger partial charge in [0.1, 0.15) is 0 Å². The zero-order valence-corrected chi connectivity index (χ0v) is 14.4. The van der Waals surface area contributed by atoms with Crippen LogP contribution in [0.3, 0.4) is 0 Å². The van der Waals surface area contributed by atoms with Crippen molar-refractivity contribution in [2.24, 2.45) is 5.92 Å². The molecule has 1 aromatic carbocycles. The molecule has 1 aliphatic carbocycles. The molecule has 0 bridgehead atoms. The number of rotatable bonds is 4. The fraction of sp³-hybridized carbons (Fsp3) is 0.529. The van der Waals surface area contributed by atoms with Gasteiger partial charge in [0.15, 0.2) is 5.82 Å². The molecule has 0 aliphatic heterocycles. The molecule has 1 saturated carbocycles. The Hall–Kier alpha value is -2.48. The Bertz CT molecular complexity index is 717. The van der Waals surface area contributed by atoms with Crippen molar-refractivity contribution in [2.75, 3.05) is 11.9 Å². The molecule has 0 radical (unpaired) electrons. The van der Waals surface area contributed by atoms with Gasteiger partial charge < -0.3 is 15.7 Å². The van der Waals surface area contributed by atoms with E-state index in [4.69, 9.17) is 0 Å². The van der Waals surface area contributed by atoms with Crippen LogP contribution in [0.15, 0.2) is 24.3 Å². The van der Waals surface area contributed by atoms with E-state index in [0.29, 0.717) is 11.5 Å². The summed E-state index contributed by atoms with van der Waals surface area (Å²) in [6, 6.07) is 7.11. The highest BCUT2D eigenvalue weighted by molar-refractivity contribution is 5.89. The van der Waals surface area contributed by atoms with Crippen LogP contribution in [0.5, 0.6) is 0 Å². The number of anilines is 1. The van der Waals surface area contributed by atoms with Crippen LogP contribution in [0.25, 0.3) is 5.69 Å². The van der Waals surface area contributed by atoms with Gasteiger partial charge >= 0.3 is 6.03 Å². The fourth-order valence-electron chi connectivity index (χ4n) is 3.31. The lowest BCUT2D eigenvalue weighted by molar-refractivity contribution is 0.182. The van der Waals surface area contributed by atoms with Crippen molar-refractivity contribution in [1.29, 1.82) is 0 Å². The number of aliphatic hydroxyl groups excluding tert-OH is 1. The van der Waals surface area contributed by atoms with Crippen LogP contribution in [0, 0.1) is 12.8 Å². The Balaban J connectivity index is 1.65. The lowest BCUT2D eigenvalue weighted by Gasteiger charge is -2.24. The maximum absolute atomic E-state index is 12.4. The molecule has 1 aromatic heterocycles. The zero-order valence-electron chi connectivity index (χ0n) is 14.4. The van der Waals surface area contributed by atoms with Crippen LogP contribution in [0.2, 0.25) is 0 Å². The first kappa shape index (κ1) is 17.3. The van der Waals surface area contributed by atoms with E-state index in [1.807, 2.05) is 31.2 Å². The number of urea groups is 1. The summed E-state index contributed by atoms with van der Waals surface area (Å²) >= 11 is 0. The number of nitrogens with one attached hydrogen (secondary N) is 2. The van der Waals surface area contributed by atoms with Gasteiger partial charge in [0, 0.05) is 24.3 Å². The molecular weight excluding hydrogens is 320 g/mol. The second-order valence-electron chi connectivity index (χ2n) is 6.47. The number of tetrazole rings is 1. The maximum atomic E-state index is 12.4. The van der Waals surface area contributed by atoms with Crippen LogP contribution in [0.4, 0.5) is 10.5 Å². The van der Waals surface area contributed by atoms with E-state index in [1.54, 1.807) is 4.68 Å². The number of benzene rings is 1. The van der Waals surface area contributed by atoms with Crippen molar-refractivity contribution in [3.63, 3.8) is 0 Å². The molecule has 3 N–H and O–H groups in total. The Morgan fingerprint density at radius 3 is 2.92 bits per heavy atom. The topological polar surface area (TPSA) is 105 Å². The quantitative estimate of drug-likeness (QED) is 0.736. The van der Waals surface area contributed by atoms with Crippen molar-refractivity contribution < 1.29 is 9.90 Å². The van der Waals surface area contributed by atoms with Gasteiger partial charge in [-0.15, -0.1) is 5.10 Å². The molecule has 1 aliphatic rings. The van der Waals surface area contributed by atoms with Crippen LogP contribution < -0.4 is 10.6 Å². The lowest BCUT2D eigenvalue weighted by atomic mass is 9.96. The first-order valence-electron chi connectivity index (χ1n) is 8.71. The van der Waals surface area contributed by atoms with Crippen LogP contribution in [-0.2, 0) is 0 Å². The van der Waals surface area contributed by atoms with Gasteiger partial charge in [-0.3, -0.25) is 0 Å². The number of nitrogens with zero attached hydrogens (tertiary/aromatic N) is 4. The highest BCUT2D eigenvalue weighted by Crippen LogP contribution is 2.23. The average molecular weight is 344 g/mol. The Morgan fingerprint density at radius 2 is 2.16 bits per heavy atom. The first-order chi connectivity index (χ1) is 12.2. The third kappa shape index (κ3) is 4.33.